The maximum absolute atomic E-state index is 13.0. The maximum atomic E-state index is 13.0. The summed E-state index contributed by atoms with van der Waals surface area (Å²) in [6, 6.07) is 20.1. The molecule has 30 heavy (non-hydrogen) atoms. The van der Waals surface area contributed by atoms with E-state index in [-0.39, 0.29) is 11.8 Å². The summed E-state index contributed by atoms with van der Waals surface area (Å²) in [5.41, 5.74) is 3.38. The highest BCUT2D eigenvalue weighted by Gasteiger charge is 2.15. The number of para-hydroxylation sites is 1. The van der Waals surface area contributed by atoms with E-state index in [1.54, 1.807) is 44.6 Å². The molecule has 4 aromatic rings. The molecule has 150 valence electrons. The largest absolute Gasteiger partial charge is 0.463 e. The van der Waals surface area contributed by atoms with Gasteiger partial charge in [0.2, 0.25) is 0 Å². The molecule has 0 saturated carbocycles. The lowest BCUT2D eigenvalue weighted by atomic mass is 10.1. The summed E-state index contributed by atoms with van der Waals surface area (Å²) in [4.78, 5) is 31.1. The van der Waals surface area contributed by atoms with Crippen LogP contribution in [0.5, 0.6) is 0 Å². The first kappa shape index (κ1) is 19.4. The molecule has 0 spiro atoms. The van der Waals surface area contributed by atoms with Gasteiger partial charge < -0.3 is 14.6 Å². The molecular formula is C24H21N3O3. The highest BCUT2D eigenvalue weighted by molar-refractivity contribution is 6.07. The number of amides is 2. The zero-order valence-electron chi connectivity index (χ0n) is 16.8. The zero-order valence-corrected chi connectivity index (χ0v) is 16.8. The number of fused-ring (bicyclic) bond motifs is 1. The molecule has 0 atom stereocenters. The van der Waals surface area contributed by atoms with E-state index in [2.05, 4.69) is 10.3 Å². The van der Waals surface area contributed by atoms with E-state index in [1.165, 1.54) is 4.90 Å². The van der Waals surface area contributed by atoms with Gasteiger partial charge in [0, 0.05) is 31.6 Å². The number of benzene rings is 2. The number of furan rings is 1. The number of hydrogen-bond donors (Lipinski definition) is 1. The third-order valence-electron chi connectivity index (χ3n) is 4.79. The number of carbonyl (C=O) groups excluding carboxylic acids is 2. The van der Waals surface area contributed by atoms with Crippen LogP contribution in [0.15, 0.2) is 77.4 Å². The van der Waals surface area contributed by atoms with Gasteiger partial charge in [-0.05, 0) is 42.0 Å². The summed E-state index contributed by atoms with van der Waals surface area (Å²) < 4.78 is 5.45. The average molecular weight is 399 g/mol. The summed E-state index contributed by atoms with van der Waals surface area (Å²) in [7, 11) is 3.43. The average Bonchev–Trinajstić information content (AvgIpc) is 3.31. The second-order valence-corrected chi connectivity index (χ2v) is 7.13. The molecule has 2 heterocycles. The van der Waals surface area contributed by atoms with Crippen molar-refractivity contribution in [3.8, 4) is 11.5 Å². The standard InChI is InChI=1S/C24H21N3O3/c1-27(2)24(29)17-11-9-16(10-12-17)15-25-23(28)19-14-21(22-8-5-13-30-22)26-20-7-4-3-6-18(19)20/h3-14H,15H2,1-2H3,(H,25,28). The van der Waals surface area contributed by atoms with Gasteiger partial charge in [-0.2, -0.15) is 0 Å². The first-order chi connectivity index (χ1) is 14.5. The number of pyridine rings is 1. The Morgan fingerprint density at radius 2 is 1.77 bits per heavy atom. The first-order valence-corrected chi connectivity index (χ1v) is 9.55. The zero-order chi connectivity index (χ0) is 21.1. The normalized spacial score (nSPS) is 10.7. The van der Waals surface area contributed by atoms with E-state index >= 15 is 0 Å². The van der Waals surface area contributed by atoms with E-state index in [0.717, 1.165) is 16.5 Å². The number of aromatic nitrogens is 1. The van der Waals surface area contributed by atoms with Crippen molar-refractivity contribution in [1.29, 1.82) is 0 Å². The van der Waals surface area contributed by atoms with Crippen LogP contribution in [0, 0.1) is 0 Å². The molecule has 0 saturated heterocycles. The number of hydrogen-bond acceptors (Lipinski definition) is 4. The third kappa shape index (κ3) is 3.93. The lowest BCUT2D eigenvalue weighted by molar-refractivity contribution is 0.0827. The molecule has 0 bridgehead atoms. The van der Waals surface area contributed by atoms with Gasteiger partial charge in [-0.25, -0.2) is 4.98 Å². The summed E-state index contributed by atoms with van der Waals surface area (Å²) in [6.45, 7) is 0.349. The summed E-state index contributed by atoms with van der Waals surface area (Å²) in [5.74, 6) is 0.352. The van der Waals surface area contributed by atoms with Crippen molar-refractivity contribution in [2.24, 2.45) is 0 Å². The van der Waals surface area contributed by atoms with E-state index in [4.69, 9.17) is 4.42 Å². The lowest BCUT2D eigenvalue weighted by Gasteiger charge is -2.12. The molecule has 0 aliphatic carbocycles. The third-order valence-corrected chi connectivity index (χ3v) is 4.79. The smallest absolute Gasteiger partial charge is 0.253 e. The summed E-state index contributed by atoms with van der Waals surface area (Å²) in [5, 5.41) is 3.73. The van der Waals surface area contributed by atoms with Gasteiger partial charge in [0.15, 0.2) is 5.76 Å². The topological polar surface area (TPSA) is 75.4 Å². The summed E-state index contributed by atoms with van der Waals surface area (Å²) in [6.07, 6.45) is 1.58. The van der Waals surface area contributed by atoms with E-state index in [1.807, 2.05) is 42.5 Å². The predicted octanol–water partition coefficient (Wildman–Crippen LogP) is 4.13. The van der Waals surface area contributed by atoms with Gasteiger partial charge in [-0.3, -0.25) is 9.59 Å². The monoisotopic (exact) mass is 399 g/mol. The SMILES string of the molecule is CN(C)C(=O)c1ccc(CNC(=O)c2cc(-c3ccco3)nc3ccccc23)cc1. The van der Waals surface area contributed by atoms with Crippen molar-refractivity contribution >= 4 is 22.7 Å². The van der Waals surface area contributed by atoms with Crippen LogP contribution in [0.4, 0.5) is 0 Å². The highest BCUT2D eigenvalue weighted by Crippen LogP contribution is 2.25. The minimum absolute atomic E-state index is 0.0562. The first-order valence-electron chi connectivity index (χ1n) is 9.55. The van der Waals surface area contributed by atoms with Gasteiger partial charge in [0.05, 0.1) is 17.3 Å². The molecule has 0 aliphatic heterocycles. The lowest BCUT2D eigenvalue weighted by Crippen LogP contribution is -2.24. The van der Waals surface area contributed by atoms with Crippen LogP contribution in [-0.4, -0.2) is 35.8 Å². The highest BCUT2D eigenvalue weighted by atomic mass is 16.3. The predicted molar refractivity (Wildman–Crippen MR) is 115 cm³/mol. The molecule has 2 aromatic heterocycles. The number of nitrogens with zero attached hydrogens (tertiary/aromatic N) is 2. The van der Waals surface area contributed by atoms with Gasteiger partial charge in [-0.15, -0.1) is 0 Å². The molecule has 1 N–H and O–H groups in total. The van der Waals surface area contributed by atoms with Crippen molar-refractivity contribution in [2.75, 3.05) is 14.1 Å². The fourth-order valence-electron chi connectivity index (χ4n) is 3.21. The Morgan fingerprint density at radius 3 is 2.47 bits per heavy atom. The molecule has 2 amide bonds. The van der Waals surface area contributed by atoms with E-state index in [9.17, 15) is 9.59 Å². The van der Waals surface area contributed by atoms with Gasteiger partial charge in [0.1, 0.15) is 5.69 Å². The molecule has 6 nitrogen and oxygen atoms in total. The Kier molecular flexibility index (Phi) is 5.30. The molecule has 0 aliphatic rings. The minimum Gasteiger partial charge on any atom is -0.463 e. The Balaban J connectivity index is 1.57. The Labute approximate surface area is 174 Å². The van der Waals surface area contributed by atoms with Crippen LogP contribution in [0.1, 0.15) is 26.3 Å². The van der Waals surface area contributed by atoms with Crippen LogP contribution < -0.4 is 5.32 Å². The molecule has 0 fully saturated rings. The van der Waals surface area contributed by atoms with E-state index in [0.29, 0.717) is 29.1 Å². The molecule has 6 heteroatoms. The molecular weight excluding hydrogens is 378 g/mol. The Bertz CT molecular complexity index is 1200. The van der Waals surface area contributed by atoms with E-state index < -0.39 is 0 Å². The van der Waals surface area contributed by atoms with Crippen LogP contribution in [0.25, 0.3) is 22.4 Å². The maximum Gasteiger partial charge on any atom is 0.253 e. The minimum atomic E-state index is -0.199. The van der Waals surface area contributed by atoms with Crippen molar-refractivity contribution in [1.82, 2.24) is 15.2 Å². The van der Waals surface area contributed by atoms with Crippen LogP contribution in [0.3, 0.4) is 0 Å². The Hall–Kier alpha value is -3.93. The molecule has 2 aromatic carbocycles. The van der Waals surface area contributed by atoms with Crippen molar-refractivity contribution < 1.29 is 14.0 Å². The van der Waals surface area contributed by atoms with Crippen LogP contribution in [0.2, 0.25) is 0 Å². The summed E-state index contributed by atoms with van der Waals surface area (Å²) >= 11 is 0. The quantitative estimate of drug-likeness (QED) is 0.548. The van der Waals surface area contributed by atoms with Crippen molar-refractivity contribution in [3.05, 3.63) is 89.7 Å². The van der Waals surface area contributed by atoms with Crippen LogP contribution >= 0.6 is 0 Å². The van der Waals surface area contributed by atoms with Gasteiger partial charge in [0.25, 0.3) is 11.8 Å². The fraction of sp³-hybridized carbons (Fsp3) is 0.125. The Morgan fingerprint density at radius 1 is 1.00 bits per heavy atom. The molecule has 0 radical (unpaired) electrons. The van der Waals surface area contributed by atoms with Gasteiger partial charge >= 0.3 is 0 Å². The van der Waals surface area contributed by atoms with Crippen molar-refractivity contribution in [2.45, 2.75) is 6.54 Å². The van der Waals surface area contributed by atoms with Gasteiger partial charge in [-0.1, -0.05) is 30.3 Å². The second kappa shape index (κ2) is 8.21. The fourth-order valence-corrected chi connectivity index (χ4v) is 3.21. The molecule has 4 rings (SSSR count). The number of rotatable bonds is 5. The number of nitrogens with one attached hydrogen (secondary N) is 1. The van der Waals surface area contributed by atoms with Crippen molar-refractivity contribution in [3.63, 3.8) is 0 Å². The second-order valence-electron chi connectivity index (χ2n) is 7.13. The molecule has 0 unspecified atom stereocenters. The van der Waals surface area contributed by atoms with Crippen LogP contribution in [-0.2, 0) is 6.54 Å². The number of carbonyl (C=O) groups is 2.